The van der Waals surface area contributed by atoms with Gasteiger partial charge < -0.3 is 5.32 Å². The fourth-order valence-corrected chi connectivity index (χ4v) is 2.50. The highest BCUT2D eigenvalue weighted by Gasteiger charge is 2.05. The third kappa shape index (κ3) is 5.22. The van der Waals surface area contributed by atoms with Crippen molar-refractivity contribution in [3.05, 3.63) is 34.9 Å². The van der Waals surface area contributed by atoms with Gasteiger partial charge in [0.25, 0.3) is 0 Å². The smallest absolute Gasteiger partial charge is 0.00669 e. The minimum atomic E-state index is 0.714. The summed E-state index contributed by atoms with van der Waals surface area (Å²) in [4.78, 5) is 0. The zero-order valence-electron chi connectivity index (χ0n) is 12.6. The van der Waals surface area contributed by atoms with E-state index in [2.05, 4.69) is 51.2 Å². The van der Waals surface area contributed by atoms with Crippen LogP contribution in [0.3, 0.4) is 0 Å². The minimum absolute atomic E-state index is 0.714. The molecule has 102 valence electrons. The Hall–Kier alpha value is -0.820. The highest BCUT2D eigenvalue weighted by Crippen LogP contribution is 2.14. The lowest BCUT2D eigenvalue weighted by molar-refractivity contribution is 0.447. The van der Waals surface area contributed by atoms with Crippen LogP contribution in [-0.2, 0) is 6.42 Å². The summed E-state index contributed by atoms with van der Waals surface area (Å²) in [6.07, 6.45) is 6.39. The van der Waals surface area contributed by atoms with E-state index in [1.807, 2.05) is 0 Å². The van der Waals surface area contributed by atoms with Crippen molar-refractivity contribution in [1.29, 1.82) is 0 Å². The van der Waals surface area contributed by atoms with E-state index in [0.29, 0.717) is 6.04 Å². The molecular formula is C17H29N. The van der Waals surface area contributed by atoms with Crippen molar-refractivity contribution >= 4 is 0 Å². The van der Waals surface area contributed by atoms with Crippen molar-refractivity contribution < 1.29 is 0 Å². The highest BCUT2D eigenvalue weighted by atomic mass is 14.9. The van der Waals surface area contributed by atoms with Crippen LogP contribution in [0.5, 0.6) is 0 Å². The van der Waals surface area contributed by atoms with Gasteiger partial charge in [-0.05, 0) is 62.8 Å². The second kappa shape index (κ2) is 8.31. The molecule has 1 nitrogen and oxygen atoms in total. The second-order valence-corrected chi connectivity index (χ2v) is 5.35. The van der Waals surface area contributed by atoms with Crippen LogP contribution in [0.2, 0.25) is 0 Å². The third-order valence-electron chi connectivity index (χ3n) is 3.72. The Bertz CT molecular complexity index is 337. The molecule has 0 fully saturated rings. The SMILES string of the molecule is CCCC(CCCc1ccc(C)c(C)c1)NCC. The van der Waals surface area contributed by atoms with Gasteiger partial charge in [-0.15, -0.1) is 0 Å². The first-order chi connectivity index (χ1) is 8.67. The predicted molar refractivity (Wildman–Crippen MR) is 81.2 cm³/mol. The summed E-state index contributed by atoms with van der Waals surface area (Å²) in [7, 11) is 0. The van der Waals surface area contributed by atoms with E-state index in [-0.39, 0.29) is 0 Å². The first kappa shape index (κ1) is 15.2. The van der Waals surface area contributed by atoms with Crippen molar-refractivity contribution in [3.8, 4) is 0 Å². The van der Waals surface area contributed by atoms with Crippen LogP contribution in [-0.4, -0.2) is 12.6 Å². The monoisotopic (exact) mass is 247 g/mol. The van der Waals surface area contributed by atoms with Crippen molar-refractivity contribution in [2.45, 2.75) is 65.8 Å². The Labute approximate surface area is 113 Å². The molecule has 1 heteroatoms. The molecule has 0 amide bonds. The van der Waals surface area contributed by atoms with Gasteiger partial charge in [-0.3, -0.25) is 0 Å². The molecule has 1 atom stereocenters. The standard InChI is InChI=1S/C17H29N/c1-5-8-17(18-6-2)10-7-9-16-12-11-14(3)15(4)13-16/h11-13,17-18H,5-10H2,1-4H3. The van der Waals surface area contributed by atoms with Crippen LogP contribution in [0.4, 0.5) is 0 Å². The highest BCUT2D eigenvalue weighted by molar-refractivity contribution is 5.29. The maximum atomic E-state index is 3.59. The number of hydrogen-bond acceptors (Lipinski definition) is 1. The van der Waals surface area contributed by atoms with Gasteiger partial charge >= 0.3 is 0 Å². The molecule has 0 aromatic heterocycles. The van der Waals surface area contributed by atoms with E-state index in [1.165, 1.54) is 48.8 Å². The van der Waals surface area contributed by atoms with Crippen LogP contribution < -0.4 is 5.32 Å². The van der Waals surface area contributed by atoms with E-state index in [1.54, 1.807) is 0 Å². The summed E-state index contributed by atoms with van der Waals surface area (Å²) in [5.41, 5.74) is 4.31. The molecule has 18 heavy (non-hydrogen) atoms. The fraction of sp³-hybridized carbons (Fsp3) is 0.647. The fourth-order valence-electron chi connectivity index (χ4n) is 2.50. The molecule has 0 saturated carbocycles. The molecule has 1 aromatic rings. The summed E-state index contributed by atoms with van der Waals surface area (Å²) < 4.78 is 0. The average Bonchev–Trinajstić information content (AvgIpc) is 2.34. The molecule has 0 aliphatic carbocycles. The molecule has 0 bridgehead atoms. The molecular weight excluding hydrogens is 218 g/mol. The Morgan fingerprint density at radius 3 is 2.44 bits per heavy atom. The van der Waals surface area contributed by atoms with Crippen molar-refractivity contribution in [1.82, 2.24) is 5.32 Å². The third-order valence-corrected chi connectivity index (χ3v) is 3.72. The number of rotatable bonds is 8. The van der Waals surface area contributed by atoms with Gasteiger partial charge in [0, 0.05) is 6.04 Å². The summed E-state index contributed by atoms with van der Waals surface area (Å²) >= 11 is 0. The quantitative estimate of drug-likeness (QED) is 0.717. The van der Waals surface area contributed by atoms with Gasteiger partial charge in [-0.25, -0.2) is 0 Å². The van der Waals surface area contributed by atoms with Crippen molar-refractivity contribution in [2.75, 3.05) is 6.54 Å². The van der Waals surface area contributed by atoms with E-state index in [9.17, 15) is 0 Å². The number of hydrogen-bond donors (Lipinski definition) is 1. The van der Waals surface area contributed by atoms with Crippen molar-refractivity contribution in [3.63, 3.8) is 0 Å². The summed E-state index contributed by atoms with van der Waals surface area (Å²) in [6, 6.07) is 7.59. The minimum Gasteiger partial charge on any atom is -0.314 e. The lowest BCUT2D eigenvalue weighted by atomic mass is 9.99. The molecule has 1 unspecified atom stereocenters. The van der Waals surface area contributed by atoms with Gasteiger partial charge in [-0.2, -0.15) is 0 Å². The van der Waals surface area contributed by atoms with E-state index >= 15 is 0 Å². The predicted octanol–water partition coefficient (Wildman–Crippen LogP) is 4.40. The molecule has 0 heterocycles. The molecule has 1 N–H and O–H groups in total. The average molecular weight is 247 g/mol. The van der Waals surface area contributed by atoms with Gasteiger partial charge in [0.2, 0.25) is 0 Å². The van der Waals surface area contributed by atoms with Crippen LogP contribution in [0.15, 0.2) is 18.2 Å². The second-order valence-electron chi connectivity index (χ2n) is 5.35. The Kier molecular flexibility index (Phi) is 7.04. The van der Waals surface area contributed by atoms with Crippen LogP contribution >= 0.6 is 0 Å². The van der Waals surface area contributed by atoms with Gasteiger partial charge in [0.05, 0.1) is 0 Å². The molecule has 1 aromatic carbocycles. The molecule has 0 spiro atoms. The van der Waals surface area contributed by atoms with E-state index in [0.717, 1.165) is 6.54 Å². The van der Waals surface area contributed by atoms with Crippen molar-refractivity contribution in [2.24, 2.45) is 0 Å². The van der Waals surface area contributed by atoms with Gasteiger partial charge in [0.15, 0.2) is 0 Å². The molecule has 0 aliphatic heterocycles. The van der Waals surface area contributed by atoms with Crippen LogP contribution in [0, 0.1) is 13.8 Å². The zero-order chi connectivity index (χ0) is 13.4. The number of nitrogens with one attached hydrogen (secondary N) is 1. The first-order valence-electron chi connectivity index (χ1n) is 7.46. The molecule has 0 aliphatic rings. The van der Waals surface area contributed by atoms with E-state index < -0.39 is 0 Å². The van der Waals surface area contributed by atoms with Gasteiger partial charge in [0.1, 0.15) is 0 Å². The number of aryl methyl sites for hydroxylation is 3. The normalized spacial score (nSPS) is 12.7. The Morgan fingerprint density at radius 2 is 1.83 bits per heavy atom. The molecule has 0 radical (unpaired) electrons. The Morgan fingerprint density at radius 1 is 1.06 bits per heavy atom. The van der Waals surface area contributed by atoms with Gasteiger partial charge in [-0.1, -0.05) is 38.5 Å². The van der Waals surface area contributed by atoms with E-state index in [4.69, 9.17) is 0 Å². The molecule has 0 saturated heterocycles. The lowest BCUT2D eigenvalue weighted by Crippen LogP contribution is -2.28. The Balaban J connectivity index is 2.37. The molecule has 1 rings (SSSR count). The lowest BCUT2D eigenvalue weighted by Gasteiger charge is -2.16. The topological polar surface area (TPSA) is 12.0 Å². The summed E-state index contributed by atoms with van der Waals surface area (Å²) in [5.74, 6) is 0. The maximum Gasteiger partial charge on any atom is 0.00669 e. The van der Waals surface area contributed by atoms with Crippen LogP contribution in [0.25, 0.3) is 0 Å². The first-order valence-corrected chi connectivity index (χ1v) is 7.46. The summed E-state index contributed by atoms with van der Waals surface area (Å²) in [5, 5.41) is 3.59. The largest absolute Gasteiger partial charge is 0.314 e. The van der Waals surface area contributed by atoms with Crippen LogP contribution in [0.1, 0.15) is 56.2 Å². The number of benzene rings is 1. The maximum absolute atomic E-state index is 3.59. The zero-order valence-corrected chi connectivity index (χ0v) is 12.6. The summed E-state index contributed by atoms with van der Waals surface area (Å²) in [6.45, 7) is 9.95.